The molecule has 0 radical (unpaired) electrons. The Hall–Kier alpha value is -1.39. The lowest BCUT2D eigenvalue weighted by molar-refractivity contribution is 0.0827. The van der Waals surface area contributed by atoms with Gasteiger partial charge in [-0.05, 0) is 17.7 Å². The van der Waals surface area contributed by atoms with Crippen molar-refractivity contribution in [1.82, 2.24) is 15.1 Å². The SMILES string of the molecule is CN(C)C(=O)c1ccc(CN2CCNCC2)cc1. The summed E-state index contributed by atoms with van der Waals surface area (Å²) in [4.78, 5) is 15.8. The Labute approximate surface area is 109 Å². The van der Waals surface area contributed by atoms with Gasteiger partial charge in [-0.2, -0.15) is 0 Å². The Kier molecular flexibility index (Phi) is 4.33. The summed E-state index contributed by atoms with van der Waals surface area (Å²) < 4.78 is 0. The molecule has 1 heterocycles. The first kappa shape index (κ1) is 13.1. The van der Waals surface area contributed by atoms with Gasteiger partial charge in [-0.1, -0.05) is 12.1 Å². The van der Waals surface area contributed by atoms with Crippen molar-refractivity contribution in [3.8, 4) is 0 Å². The Morgan fingerprint density at radius 2 is 1.83 bits per heavy atom. The largest absolute Gasteiger partial charge is 0.345 e. The van der Waals surface area contributed by atoms with E-state index < -0.39 is 0 Å². The van der Waals surface area contributed by atoms with Gasteiger partial charge in [-0.25, -0.2) is 0 Å². The first-order valence-electron chi connectivity index (χ1n) is 6.40. The van der Waals surface area contributed by atoms with Gasteiger partial charge in [-0.3, -0.25) is 9.69 Å². The molecule has 1 aromatic rings. The Morgan fingerprint density at radius 1 is 1.22 bits per heavy atom. The van der Waals surface area contributed by atoms with Crippen LogP contribution in [0.3, 0.4) is 0 Å². The van der Waals surface area contributed by atoms with Crippen LogP contribution in [0.4, 0.5) is 0 Å². The van der Waals surface area contributed by atoms with Crippen molar-refractivity contribution in [2.45, 2.75) is 6.54 Å². The number of hydrogen-bond acceptors (Lipinski definition) is 3. The predicted octanol–water partition coefficient (Wildman–Crippen LogP) is 0.794. The molecule has 1 aromatic carbocycles. The summed E-state index contributed by atoms with van der Waals surface area (Å²) in [6, 6.07) is 7.94. The fourth-order valence-electron chi connectivity index (χ4n) is 2.14. The molecule has 0 bridgehead atoms. The summed E-state index contributed by atoms with van der Waals surface area (Å²) in [5, 5.41) is 3.35. The van der Waals surface area contributed by atoms with E-state index in [1.165, 1.54) is 5.56 Å². The summed E-state index contributed by atoms with van der Waals surface area (Å²) in [6.07, 6.45) is 0. The normalized spacial score (nSPS) is 16.6. The molecule has 0 unspecified atom stereocenters. The first-order chi connectivity index (χ1) is 8.66. The Morgan fingerprint density at radius 3 is 2.39 bits per heavy atom. The molecule has 1 aliphatic heterocycles. The van der Waals surface area contributed by atoms with Gasteiger partial charge in [0.15, 0.2) is 0 Å². The number of nitrogens with one attached hydrogen (secondary N) is 1. The zero-order valence-corrected chi connectivity index (χ0v) is 11.1. The van der Waals surface area contributed by atoms with Crippen molar-refractivity contribution in [2.24, 2.45) is 0 Å². The van der Waals surface area contributed by atoms with Gasteiger partial charge in [0.05, 0.1) is 0 Å². The summed E-state index contributed by atoms with van der Waals surface area (Å²) in [5.74, 6) is 0.0590. The van der Waals surface area contributed by atoms with Crippen molar-refractivity contribution < 1.29 is 4.79 Å². The fraction of sp³-hybridized carbons (Fsp3) is 0.500. The van der Waals surface area contributed by atoms with Crippen LogP contribution in [0.5, 0.6) is 0 Å². The van der Waals surface area contributed by atoms with Crippen LogP contribution in [0.2, 0.25) is 0 Å². The van der Waals surface area contributed by atoms with Gasteiger partial charge in [0, 0.05) is 52.4 Å². The summed E-state index contributed by atoms with van der Waals surface area (Å²) in [7, 11) is 3.55. The van der Waals surface area contributed by atoms with Crippen molar-refractivity contribution in [2.75, 3.05) is 40.3 Å². The molecule has 0 aliphatic carbocycles. The second kappa shape index (κ2) is 5.98. The molecule has 2 rings (SSSR count). The van der Waals surface area contributed by atoms with Crippen LogP contribution in [-0.2, 0) is 6.54 Å². The number of piperazine rings is 1. The molecule has 4 heteroatoms. The van der Waals surface area contributed by atoms with E-state index in [0.717, 1.165) is 38.3 Å². The van der Waals surface area contributed by atoms with Crippen molar-refractivity contribution in [3.63, 3.8) is 0 Å². The third-order valence-corrected chi connectivity index (χ3v) is 3.22. The highest BCUT2D eigenvalue weighted by molar-refractivity contribution is 5.93. The average molecular weight is 247 g/mol. The van der Waals surface area contributed by atoms with Crippen LogP contribution in [0, 0.1) is 0 Å². The maximum absolute atomic E-state index is 11.8. The minimum absolute atomic E-state index is 0.0590. The fourth-order valence-corrected chi connectivity index (χ4v) is 2.14. The van der Waals surface area contributed by atoms with E-state index in [2.05, 4.69) is 22.3 Å². The predicted molar refractivity (Wildman–Crippen MR) is 72.6 cm³/mol. The quantitative estimate of drug-likeness (QED) is 0.858. The molecule has 0 aromatic heterocycles. The van der Waals surface area contributed by atoms with Gasteiger partial charge in [0.2, 0.25) is 0 Å². The zero-order valence-electron chi connectivity index (χ0n) is 11.1. The van der Waals surface area contributed by atoms with E-state index in [-0.39, 0.29) is 5.91 Å². The number of rotatable bonds is 3. The van der Waals surface area contributed by atoms with Crippen LogP contribution < -0.4 is 5.32 Å². The van der Waals surface area contributed by atoms with Gasteiger partial charge >= 0.3 is 0 Å². The monoisotopic (exact) mass is 247 g/mol. The molecule has 98 valence electrons. The summed E-state index contributed by atoms with van der Waals surface area (Å²) in [6.45, 7) is 5.29. The van der Waals surface area contributed by atoms with Gasteiger partial charge in [-0.15, -0.1) is 0 Å². The topological polar surface area (TPSA) is 35.6 Å². The minimum atomic E-state index is 0.0590. The van der Waals surface area contributed by atoms with Gasteiger partial charge < -0.3 is 10.2 Å². The zero-order chi connectivity index (χ0) is 13.0. The number of amides is 1. The summed E-state index contributed by atoms with van der Waals surface area (Å²) >= 11 is 0. The number of benzene rings is 1. The third-order valence-electron chi connectivity index (χ3n) is 3.22. The lowest BCUT2D eigenvalue weighted by Crippen LogP contribution is -2.42. The molecular weight excluding hydrogens is 226 g/mol. The summed E-state index contributed by atoms with van der Waals surface area (Å²) in [5.41, 5.74) is 2.02. The average Bonchev–Trinajstić information content (AvgIpc) is 2.40. The number of carbonyl (C=O) groups is 1. The Balaban J connectivity index is 1.96. The maximum atomic E-state index is 11.8. The van der Waals surface area contributed by atoms with Crippen molar-refractivity contribution in [1.29, 1.82) is 0 Å². The highest BCUT2D eigenvalue weighted by Crippen LogP contribution is 2.09. The molecule has 1 N–H and O–H groups in total. The number of carbonyl (C=O) groups excluding carboxylic acids is 1. The second-order valence-corrected chi connectivity index (χ2v) is 4.92. The lowest BCUT2D eigenvalue weighted by Gasteiger charge is -2.27. The van der Waals surface area contributed by atoms with Gasteiger partial charge in [0.25, 0.3) is 5.91 Å². The smallest absolute Gasteiger partial charge is 0.253 e. The molecule has 4 nitrogen and oxygen atoms in total. The van der Waals surface area contributed by atoms with E-state index >= 15 is 0 Å². The molecule has 0 spiro atoms. The molecule has 1 aliphatic rings. The molecule has 0 atom stereocenters. The van der Waals surface area contributed by atoms with Gasteiger partial charge in [0.1, 0.15) is 0 Å². The maximum Gasteiger partial charge on any atom is 0.253 e. The van der Waals surface area contributed by atoms with Crippen LogP contribution in [0.1, 0.15) is 15.9 Å². The van der Waals surface area contributed by atoms with Crippen LogP contribution in [0.15, 0.2) is 24.3 Å². The van der Waals surface area contributed by atoms with E-state index in [1.807, 2.05) is 12.1 Å². The van der Waals surface area contributed by atoms with Crippen molar-refractivity contribution in [3.05, 3.63) is 35.4 Å². The lowest BCUT2D eigenvalue weighted by atomic mass is 10.1. The van der Waals surface area contributed by atoms with Crippen LogP contribution in [0.25, 0.3) is 0 Å². The van der Waals surface area contributed by atoms with E-state index in [9.17, 15) is 4.79 Å². The molecule has 18 heavy (non-hydrogen) atoms. The number of nitrogens with zero attached hydrogens (tertiary/aromatic N) is 2. The van der Waals surface area contributed by atoms with E-state index in [0.29, 0.717) is 0 Å². The standard InChI is InChI=1S/C14H21N3O/c1-16(2)14(18)13-5-3-12(4-6-13)11-17-9-7-15-8-10-17/h3-6,15H,7-11H2,1-2H3. The molecule has 1 amide bonds. The number of hydrogen-bond donors (Lipinski definition) is 1. The molecule has 1 saturated heterocycles. The first-order valence-corrected chi connectivity index (χ1v) is 6.40. The second-order valence-electron chi connectivity index (χ2n) is 4.92. The third kappa shape index (κ3) is 3.31. The highest BCUT2D eigenvalue weighted by Gasteiger charge is 2.11. The van der Waals surface area contributed by atoms with E-state index in [1.54, 1.807) is 19.0 Å². The van der Waals surface area contributed by atoms with Crippen LogP contribution >= 0.6 is 0 Å². The Bertz CT molecular complexity index is 394. The highest BCUT2D eigenvalue weighted by atomic mass is 16.2. The minimum Gasteiger partial charge on any atom is -0.345 e. The van der Waals surface area contributed by atoms with Crippen LogP contribution in [-0.4, -0.2) is 56.0 Å². The van der Waals surface area contributed by atoms with E-state index in [4.69, 9.17) is 0 Å². The molecule has 1 fully saturated rings. The molecular formula is C14H21N3O. The molecule has 0 saturated carbocycles. The van der Waals surface area contributed by atoms with Crippen molar-refractivity contribution >= 4 is 5.91 Å².